The highest BCUT2D eigenvalue weighted by Gasteiger charge is 2.19. The van der Waals surface area contributed by atoms with E-state index < -0.39 is 0 Å². The zero-order valence-electron chi connectivity index (χ0n) is 17.0. The third kappa shape index (κ3) is 4.55. The van der Waals surface area contributed by atoms with Gasteiger partial charge in [0.1, 0.15) is 0 Å². The van der Waals surface area contributed by atoms with Crippen molar-refractivity contribution >= 4 is 23.2 Å². The van der Waals surface area contributed by atoms with Gasteiger partial charge in [0, 0.05) is 23.8 Å². The molecule has 1 heterocycles. The Morgan fingerprint density at radius 1 is 0.929 bits per heavy atom. The number of rotatable bonds is 4. The maximum absolute atomic E-state index is 12.6. The third-order valence-electron chi connectivity index (χ3n) is 4.53. The summed E-state index contributed by atoms with van der Waals surface area (Å²) < 4.78 is 0. The maximum atomic E-state index is 12.6. The van der Waals surface area contributed by atoms with Gasteiger partial charge in [-0.15, -0.1) is 0 Å². The van der Waals surface area contributed by atoms with E-state index in [0.717, 1.165) is 22.5 Å². The largest absolute Gasteiger partial charge is 0.324 e. The molecular formula is C23H26N4O. The molecule has 2 N–H and O–H groups in total. The molecule has 144 valence electrons. The number of aryl methyl sites for hydroxylation is 2. The van der Waals surface area contributed by atoms with Crippen molar-refractivity contribution < 1.29 is 4.79 Å². The first-order chi connectivity index (χ1) is 13.2. The van der Waals surface area contributed by atoms with Crippen molar-refractivity contribution in [2.75, 3.05) is 10.6 Å². The molecule has 0 aliphatic heterocycles. The monoisotopic (exact) mass is 374 g/mol. The predicted molar refractivity (Wildman–Crippen MR) is 114 cm³/mol. The normalized spacial score (nSPS) is 11.2. The molecule has 0 atom stereocenters. The summed E-state index contributed by atoms with van der Waals surface area (Å²) in [6.07, 6.45) is 3.07. The first-order valence-corrected chi connectivity index (χ1v) is 9.31. The summed E-state index contributed by atoms with van der Waals surface area (Å²) in [5.74, 6) is 0.230. The Morgan fingerprint density at radius 3 is 2.25 bits per heavy atom. The van der Waals surface area contributed by atoms with E-state index in [1.807, 2.05) is 43.3 Å². The van der Waals surface area contributed by atoms with Crippen LogP contribution in [0.1, 0.15) is 47.8 Å². The van der Waals surface area contributed by atoms with Crippen LogP contribution in [0.5, 0.6) is 0 Å². The second kappa shape index (κ2) is 7.80. The highest BCUT2D eigenvalue weighted by atomic mass is 16.1. The van der Waals surface area contributed by atoms with Gasteiger partial charge in [0.25, 0.3) is 5.91 Å². The Kier molecular flexibility index (Phi) is 5.45. The fraction of sp³-hybridized carbons (Fsp3) is 0.261. The Labute approximate surface area is 166 Å². The van der Waals surface area contributed by atoms with E-state index in [0.29, 0.717) is 11.5 Å². The second-order valence-electron chi connectivity index (χ2n) is 7.99. The Hall–Kier alpha value is -3.21. The van der Waals surface area contributed by atoms with Crippen LogP contribution in [0.4, 0.5) is 17.3 Å². The van der Waals surface area contributed by atoms with Crippen LogP contribution in [0, 0.1) is 13.8 Å². The summed E-state index contributed by atoms with van der Waals surface area (Å²) in [5, 5.41) is 6.17. The Morgan fingerprint density at radius 2 is 1.61 bits per heavy atom. The van der Waals surface area contributed by atoms with Crippen LogP contribution in [-0.2, 0) is 5.41 Å². The lowest BCUT2D eigenvalue weighted by Gasteiger charge is -2.23. The van der Waals surface area contributed by atoms with Gasteiger partial charge < -0.3 is 10.6 Å². The summed E-state index contributed by atoms with van der Waals surface area (Å²) >= 11 is 0. The topological polar surface area (TPSA) is 66.9 Å². The lowest BCUT2D eigenvalue weighted by Crippen LogP contribution is -2.19. The minimum absolute atomic E-state index is 0.0694. The van der Waals surface area contributed by atoms with Crippen molar-refractivity contribution in [1.82, 2.24) is 9.97 Å². The van der Waals surface area contributed by atoms with Gasteiger partial charge in [0.2, 0.25) is 5.95 Å². The molecule has 0 saturated carbocycles. The average Bonchev–Trinajstić information content (AvgIpc) is 2.64. The first-order valence-electron chi connectivity index (χ1n) is 9.31. The summed E-state index contributed by atoms with van der Waals surface area (Å²) in [4.78, 5) is 21.2. The molecule has 5 heteroatoms. The predicted octanol–water partition coefficient (Wildman–Crippen LogP) is 5.39. The maximum Gasteiger partial charge on any atom is 0.258 e. The van der Waals surface area contributed by atoms with Crippen LogP contribution < -0.4 is 10.6 Å². The summed E-state index contributed by atoms with van der Waals surface area (Å²) in [6.45, 7) is 10.4. The summed E-state index contributed by atoms with van der Waals surface area (Å²) in [7, 11) is 0. The fourth-order valence-electron chi connectivity index (χ4n) is 3.02. The van der Waals surface area contributed by atoms with Gasteiger partial charge in [-0.05, 0) is 42.5 Å². The molecule has 0 fully saturated rings. The van der Waals surface area contributed by atoms with Gasteiger partial charge in [-0.3, -0.25) is 4.79 Å². The smallest absolute Gasteiger partial charge is 0.258 e. The van der Waals surface area contributed by atoms with E-state index in [2.05, 4.69) is 54.4 Å². The van der Waals surface area contributed by atoms with E-state index in [1.165, 1.54) is 18.0 Å². The number of carbonyl (C=O) groups excluding carboxylic acids is 1. The number of amides is 1. The summed E-state index contributed by atoms with van der Waals surface area (Å²) in [5.41, 5.74) is 5.49. The Bertz CT molecular complexity index is 988. The molecular weight excluding hydrogens is 348 g/mol. The number of aromatic nitrogens is 2. The molecule has 0 saturated heterocycles. The number of nitrogens with one attached hydrogen (secondary N) is 2. The zero-order chi connectivity index (χ0) is 20.3. The van der Waals surface area contributed by atoms with Gasteiger partial charge in [-0.25, -0.2) is 9.97 Å². The quantitative estimate of drug-likeness (QED) is 0.643. The minimum atomic E-state index is -0.227. The van der Waals surface area contributed by atoms with Crippen LogP contribution in [0.25, 0.3) is 0 Å². The van der Waals surface area contributed by atoms with E-state index in [4.69, 9.17) is 0 Å². The molecule has 0 radical (unpaired) electrons. The lowest BCUT2D eigenvalue weighted by molar-refractivity contribution is 0.102. The standard InChI is InChI=1S/C23H26N4O/c1-15-10-11-19(16(2)12-15)27-22-24-13-17(14-25-22)21(28)26-20-9-7-6-8-18(20)23(3,4)5/h6-14H,1-5H3,(H,26,28)(H,24,25,27). The van der Waals surface area contributed by atoms with Crippen LogP contribution in [-0.4, -0.2) is 15.9 Å². The van der Waals surface area contributed by atoms with Gasteiger partial charge in [0.15, 0.2) is 0 Å². The fourth-order valence-corrected chi connectivity index (χ4v) is 3.02. The van der Waals surface area contributed by atoms with Crippen molar-refractivity contribution in [3.05, 3.63) is 77.1 Å². The van der Waals surface area contributed by atoms with Crippen LogP contribution in [0.2, 0.25) is 0 Å². The second-order valence-corrected chi connectivity index (χ2v) is 7.99. The molecule has 0 aliphatic rings. The number of benzene rings is 2. The third-order valence-corrected chi connectivity index (χ3v) is 4.53. The van der Waals surface area contributed by atoms with Gasteiger partial charge in [-0.1, -0.05) is 56.7 Å². The lowest BCUT2D eigenvalue weighted by atomic mass is 9.86. The number of para-hydroxylation sites is 1. The molecule has 0 aliphatic carbocycles. The molecule has 2 aromatic carbocycles. The van der Waals surface area contributed by atoms with E-state index in [1.54, 1.807) is 0 Å². The molecule has 1 aromatic heterocycles. The molecule has 0 unspecified atom stereocenters. The first kappa shape index (κ1) is 19.5. The van der Waals surface area contributed by atoms with Crippen LogP contribution in [0.15, 0.2) is 54.9 Å². The highest BCUT2D eigenvalue weighted by molar-refractivity contribution is 6.04. The number of carbonyl (C=O) groups is 1. The minimum Gasteiger partial charge on any atom is -0.324 e. The highest BCUT2D eigenvalue weighted by Crippen LogP contribution is 2.29. The van der Waals surface area contributed by atoms with Gasteiger partial charge >= 0.3 is 0 Å². The van der Waals surface area contributed by atoms with Crippen molar-refractivity contribution in [2.24, 2.45) is 0 Å². The molecule has 28 heavy (non-hydrogen) atoms. The van der Waals surface area contributed by atoms with Gasteiger partial charge in [0.05, 0.1) is 5.56 Å². The number of hydrogen-bond acceptors (Lipinski definition) is 4. The van der Waals surface area contributed by atoms with Crippen LogP contribution in [0.3, 0.4) is 0 Å². The molecule has 0 bridgehead atoms. The number of nitrogens with zero attached hydrogens (tertiary/aromatic N) is 2. The molecule has 3 rings (SSSR count). The van der Waals surface area contributed by atoms with Crippen molar-refractivity contribution in [3.63, 3.8) is 0 Å². The molecule has 3 aromatic rings. The van der Waals surface area contributed by atoms with Crippen molar-refractivity contribution in [1.29, 1.82) is 0 Å². The van der Waals surface area contributed by atoms with Crippen LogP contribution >= 0.6 is 0 Å². The van der Waals surface area contributed by atoms with Crippen molar-refractivity contribution in [3.8, 4) is 0 Å². The SMILES string of the molecule is Cc1ccc(Nc2ncc(C(=O)Nc3ccccc3C(C)(C)C)cn2)c(C)c1. The van der Waals surface area contributed by atoms with Gasteiger partial charge in [-0.2, -0.15) is 0 Å². The van der Waals surface area contributed by atoms with E-state index >= 15 is 0 Å². The number of anilines is 3. The summed E-state index contributed by atoms with van der Waals surface area (Å²) in [6, 6.07) is 14.0. The number of hydrogen-bond donors (Lipinski definition) is 2. The molecule has 0 spiro atoms. The zero-order valence-corrected chi connectivity index (χ0v) is 17.0. The van der Waals surface area contributed by atoms with E-state index in [9.17, 15) is 4.79 Å². The van der Waals surface area contributed by atoms with E-state index in [-0.39, 0.29) is 11.3 Å². The molecule has 5 nitrogen and oxygen atoms in total. The molecule has 1 amide bonds. The Balaban J connectivity index is 1.74. The average molecular weight is 374 g/mol. The van der Waals surface area contributed by atoms with Crippen molar-refractivity contribution in [2.45, 2.75) is 40.0 Å².